The molecule has 1 fully saturated rings. The number of hydrogen-bond donors (Lipinski definition) is 2. The summed E-state index contributed by atoms with van der Waals surface area (Å²) >= 11 is 0. The van der Waals surface area contributed by atoms with Crippen molar-refractivity contribution in [2.24, 2.45) is 0 Å². The standard InChI is InChI=1S/C19H24N6O/c1-13-6-5-9-15-18(13)22-17(21-15)10-11-20-19(26)16-12-25(24-23-16)14-7-3-2-4-8-14/h5-6,9,12,14H,2-4,7-8,10-11H2,1H3,(H,20,26)(H,21,22). The number of aromatic nitrogens is 5. The predicted octanol–water partition coefficient (Wildman–Crippen LogP) is 2.94. The van der Waals surface area contributed by atoms with Crippen LogP contribution in [0.2, 0.25) is 0 Å². The lowest BCUT2D eigenvalue weighted by Crippen LogP contribution is -2.26. The first-order valence-electron chi connectivity index (χ1n) is 9.35. The lowest BCUT2D eigenvalue weighted by atomic mass is 9.96. The Morgan fingerprint density at radius 3 is 2.96 bits per heavy atom. The van der Waals surface area contributed by atoms with Crippen LogP contribution >= 0.6 is 0 Å². The molecule has 0 aliphatic heterocycles. The molecule has 0 bridgehead atoms. The maximum absolute atomic E-state index is 12.3. The highest BCUT2D eigenvalue weighted by Crippen LogP contribution is 2.27. The predicted molar refractivity (Wildman–Crippen MR) is 99.0 cm³/mol. The third-order valence-corrected chi connectivity index (χ3v) is 5.10. The van der Waals surface area contributed by atoms with Crippen LogP contribution in [0.3, 0.4) is 0 Å². The summed E-state index contributed by atoms with van der Waals surface area (Å²) in [7, 11) is 0. The second-order valence-corrected chi connectivity index (χ2v) is 7.04. The molecule has 0 atom stereocenters. The molecule has 1 saturated carbocycles. The number of nitrogens with one attached hydrogen (secondary N) is 2. The summed E-state index contributed by atoms with van der Waals surface area (Å²) in [4.78, 5) is 20.2. The highest BCUT2D eigenvalue weighted by molar-refractivity contribution is 5.91. The third-order valence-electron chi connectivity index (χ3n) is 5.10. The molecule has 0 spiro atoms. The highest BCUT2D eigenvalue weighted by Gasteiger charge is 2.18. The molecule has 1 amide bonds. The first kappa shape index (κ1) is 16.8. The van der Waals surface area contributed by atoms with Gasteiger partial charge in [0.25, 0.3) is 5.91 Å². The van der Waals surface area contributed by atoms with Gasteiger partial charge in [-0.15, -0.1) is 5.10 Å². The maximum Gasteiger partial charge on any atom is 0.273 e. The lowest BCUT2D eigenvalue weighted by Gasteiger charge is -2.20. The molecule has 26 heavy (non-hydrogen) atoms. The number of benzene rings is 1. The van der Waals surface area contributed by atoms with Gasteiger partial charge in [0.15, 0.2) is 5.69 Å². The average molecular weight is 352 g/mol. The van der Waals surface area contributed by atoms with E-state index in [1.54, 1.807) is 6.20 Å². The Hall–Kier alpha value is -2.70. The van der Waals surface area contributed by atoms with Crippen LogP contribution in [-0.2, 0) is 6.42 Å². The van der Waals surface area contributed by atoms with Crippen molar-refractivity contribution in [1.82, 2.24) is 30.3 Å². The van der Waals surface area contributed by atoms with Crippen molar-refractivity contribution < 1.29 is 4.79 Å². The van der Waals surface area contributed by atoms with Crippen LogP contribution in [0.1, 0.15) is 60.0 Å². The topological polar surface area (TPSA) is 88.5 Å². The fourth-order valence-corrected chi connectivity index (χ4v) is 3.63. The number of aryl methyl sites for hydroxylation is 1. The molecule has 3 aromatic rings. The minimum absolute atomic E-state index is 0.181. The summed E-state index contributed by atoms with van der Waals surface area (Å²) in [6.45, 7) is 2.55. The lowest BCUT2D eigenvalue weighted by molar-refractivity contribution is 0.0949. The molecule has 7 heteroatoms. The second kappa shape index (κ2) is 7.27. The molecule has 4 rings (SSSR count). The monoisotopic (exact) mass is 352 g/mol. The van der Waals surface area contributed by atoms with E-state index >= 15 is 0 Å². The number of hydrogen-bond acceptors (Lipinski definition) is 4. The van der Waals surface area contributed by atoms with Gasteiger partial charge in [0.1, 0.15) is 5.82 Å². The Morgan fingerprint density at radius 2 is 2.15 bits per heavy atom. The first-order valence-corrected chi connectivity index (χ1v) is 9.35. The third kappa shape index (κ3) is 3.47. The summed E-state index contributed by atoms with van der Waals surface area (Å²) in [6.07, 6.45) is 8.41. The number of para-hydroxylation sites is 1. The van der Waals surface area contributed by atoms with E-state index in [0.717, 1.165) is 35.3 Å². The van der Waals surface area contributed by atoms with E-state index in [1.165, 1.54) is 19.3 Å². The normalized spacial score (nSPS) is 15.4. The van der Waals surface area contributed by atoms with E-state index in [4.69, 9.17) is 0 Å². The zero-order valence-corrected chi connectivity index (χ0v) is 15.0. The zero-order valence-electron chi connectivity index (χ0n) is 15.0. The van der Waals surface area contributed by atoms with E-state index in [9.17, 15) is 4.79 Å². The Bertz CT molecular complexity index is 906. The Labute approximate surface area is 152 Å². The largest absolute Gasteiger partial charge is 0.350 e. The molecular weight excluding hydrogens is 328 g/mol. The molecule has 0 unspecified atom stereocenters. The summed E-state index contributed by atoms with van der Waals surface area (Å²) in [5.41, 5.74) is 3.55. The van der Waals surface area contributed by atoms with Crippen LogP contribution in [0.25, 0.3) is 11.0 Å². The number of carbonyl (C=O) groups excluding carboxylic acids is 1. The van der Waals surface area contributed by atoms with Crippen molar-refractivity contribution in [2.45, 2.75) is 51.5 Å². The van der Waals surface area contributed by atoms with Crippen molar-refractivity contribution in [2.75, 3.05) is 6.54 Å². The van der Waals surface area contributed by atoms with Gasteiger partial charge >= 0.3 is 0 Å². The minimum atomic E-state index is -0.181. The molecule has 0 radical (unpaired) electrons. The fourth-order valence-electron chi connectivity index (χ4n) is 3.63. The van der Waals surface area contributed by atoms with E-state index in [0.29, 0.717) is 24.7 Å². The smallest absolute Gasteiger partial charge is 0.273 e. The van der Waals surface area contributed by atoms with E-state index in [2.05, 4.69) is 25.6 Å². The minimum Gasteiger partial charge on any atom is -0.350 e. The summed E-state index contributed by atoms with van der Waals surface area (Å²) in [5.74, 6) is 0.694. The van der Waals surface area contributed by atoms with Gasteiger partial charge in [-0.25, -0.2) is 9.67 Å². The van der Waals surface area contributed by atoms with Crippen LogP contribution in [0.5, 0.6) is 0 Å². The Kier molecular flexibility index (Phi) is 4.69. The van der Waals surface area contributed by atoms with Crippen molar-refractivity contribution in [3.8, 4) is 0 Å². The first-order chi connectivity index (χ1) is 12.7. The van der Waals surface area contributed by atoms with E-state index < -0.39 is 0 Å². The molecule has 2 N–H and O–H groups in total. The summed E-state index contributed by atoms with van der Waals surface area (Å²) in [6, 6.07) is 6.46. The van der Waals surface area contributed by atoms with Gasteiger partial charge in [-0.1, -0.05) is 36.6 Å². The van der Waals surface area contributed by atoms with Gasteiger partial charge in [0, 0.05) is 13.0 Å². The molecule has 0 saturated heterocycles. The molecule has 1 aliphatic rings. The summed E-state index contributed by atoms with van der Waals surface area (Å²) < 4.78 is 1.86. The van der Waals surface area contributed by atoms with Crippen molar-refractivity contribution in [3.05, 3.63) is 41.5 Å². The summed E-state index contributed by atoms with van der Waals surface area (Å²) in [5, 5.41) is 11.1. The number of carbonyl (C=O) groups is 1. The van der Waals surface area contributed by atoms with Gasteiger partial charge in [0.05, 0.1) is 23.3 Å². The number of H-pyrrole nitrogens is 1. The molecule has 1 aromatic carbocycles. The molecule has 1 aliphatic carbocycles. The Morgan fingerprint density at radius 1 is 1.31 bits per heavy atom. The fraction of sp³-hybridized carbons (Fsp3) is 0.474. The van der Waals surface area contributed by atoms with Gasteiger partial charge in [-0.3, -0.25) is 4.79 Å². The van der Waals surface area contributed by atoms with Crippen LogP contribution in [0.4, 0.5) is 0 Å². The average Bonchev–Trinajstić information content (AvgIpc) is 3.30. The van der Waals surface area contributed by atoms with Crippen LogP contribution in [0, 0.1) is 6.92 Å². The number of fused-ring (bicyclic) bond motifs is 1. The SMILES string of the molecule is Cc1cccc2[nH]c(CCNC(=O)c3cn(C4CCCCC4)nn3)nc12. The highest BCUT2D eigenvalue weighted by atomic mass is 16.2. The van der Waals surface area contributed by atoms with Gasteiger partial charge in [-0.05, 0) is 31.4 Å². The zero-order chi connectivity index (χ0) is 17.9. The van der Waals surface area contributed by atoms with Crippen LogP contribution in [-0.4, -0.2) is 37.4 Å². The number of nitrogens with zero attached hydrogens (tertiary/aromatic N) is 4. The molecule has 7 nitrogen and oxygen atoms in total. The Balaban J connectivity index is 1.33. The van der Waals surface area contributed by atoms with Crippen molar-refractivity contribution in [1.29, 1.82) is 0 Å². The van der Waals surface area contributed by atoms with Gasteiger partial charge < -0.3 is 10.3 Å². The molecule has 136 valence electrons. The van der Waals surface area contributed by atoms with Crippen LogP contribution < -0.4 is 5.32 Å². The molecule has 2 heterocycles. The number of amides is 1. The van der Waals surface area contributed by atoms with E-state index in [-0.39, 0.29) is 5.91 Å². The van der Waals surface area contributed by atoms with Crippen LogP contribution in [0.15, 0.2) is 24.4 Å². The van der Waals surface area contributed by atoms with Gasteiger partial charge in [-0.2, -0.15) is 0 Å². The molecule has 2 aromatic heterocycles. The number of imidazole rings is 1. The van der Waals surface area contributed by atoms with Gasteiger partial charge in [0.2, 0.25) is 0 Å². The maximum atomic E-state index is 12.3. The second-order valence-electron chi connectivity index (χ2n) is 7.04. The number of aromatic amines is 1. The van der Waals surface area contributed by atoms with E-state index in [1.807, 2.05) is 29.8 Å². The number of rotatable bonds is 5. The van der Waals surface area contributed by atoms with Crippen molar-refractivity contribution >= 4 is 16.9 Å². The quantitative estimate of drug-likeness (QED) is 0.739. The van der Waals surface area contributed by atoms with Crippen molar-refractivity contribution in [3.63, 3.8) is 0 Å². The molecular formula is C19H24N6O.